The standard InChI is InChI=1S/C30H35BrClN3O4S/c1-5-22(4)33-30(37)28(6-2)34(19-23-12-14-25(32)15-13-23)29(36)20-35(26-9-7-8-24(31)18-26)40(38,39)27-16-10-21(3)11-17-27/h7-18,22,28H,5-6,19-20H2,1-4H3,(H,33,37)/t22-,28-/m0/s1. The van der Waals surface area contributed by atoms with E-state index in [2.05, 4.69) is 21.2 Å². The number of anilines is 1. The number of aryl methyl sites for hydroxylation is 1. The van der Waals surface area contributed by atoms with Crippen LogP contribution in [0.15, 0.2) is 82.2 Å². The number of hydrogen-bond donors (Lipinski definition) is 1. The van der Waals surface area contributed by atoms with Crippen LogP contribution in [0.1, 0.15) is 44.7 Å². The number of rotatable bonds is 12. The molecule has 0 saturated heterocycles. The van der Waals surface area contributed by atoms with Crippen molar-refractivity contribution in [2.24, 2.45) is 0 Å². The van der Waals surface area contributed by atoms with Gasteiger partial charge in [0.15, 0.2) is 0 Å². The number of halogens is 2. The van der Waals surface area contributed by atoms with Crippen molar-refractivity contribution in [1.29, 1.82) is 0 Å². The van der Waals surface area contributed by atoms with Crippen LogP contribution in [-0.4, -0.2) is 43.8 Å². The summed E-state index contributed by atoms with van der Waals surface area (Å²) in [4.78, 5) is 28.9. The first-order valence-electron chi connectivity index (χ1n) is 13.2. The molecule has 214 valence electrons. The molecule has 7 nitrogen and oxygen atoms in total. The van der Waals surface area contributed by atoms with Crippen molar-refractivity contribution >= 4 is 55.1 Å². The maximum Gasteiger partial charge on any atom is 0.264 e. The van der Waals surface area contributed by atoms with Crippen LogP contribution in [-0.2, 0) is 26.2 Å². The maximum atomic E-state index is 14.1. The second-order valence-electron chi connectivity index (χ2n) is 9.69. The van der Waals surface area contributed by atoms with Crippen molar-refractivity contribution < 1.29 is 18.0 Å². The third-order valence-corrected chi connectivity index (χ3v) is 9.17. The van der Waals surface area contributed by atoms with Gasteiger partial charge in [0, 0.05) is 22.1 Å². The van der Waals surface area contributed by atoms with Crippen LogP contribution in [0.2, 0.25) is 5.02 Å². The quantitative estimate of drug-likeness (QED) is 0.249. The zero-order valence-electron chi connectivity index (χ0n) is 23.1. The number of benzene rings is 3. The molecule has 0 aromatic heterocycles. The molecule has 3 rings (SSSR count). The number of carbonyl (C=O) groups excluding carboxylic acids is 2. The number of carbonyl (C=O) groups is 2. The van der Waals surface area contributed by atoms with Crippen LogP contribution in [0, 0.1) is 6.92 Å². The average molecular weight is 649 g/mol. The van der Waals surface area contributed by atoms with Gasteiger partial charge in [0.05, 0.1) is 10.6 Å². The Balaban J connectivity index is 2.05. The molecule has 0 aliphatic heterocycles. The van der Waals surface area contributed by atoms with Crippen LogP contribution < -0.4 is 9.62 Å². The molecule has 0 heterocycles. The SMILES string of the molecule is CC[C@H](C)NC(=O)[C@H](CC)N(Cc1ccc(Cl)cc1)C(=O)CN(c1cccc(Br)c1)S(=O)(=O)c1ccc(C)cc1. The Morgan fingerprint density at radius 3 is 2.20 bits per heavy atom. The minimum absolute atomic E-state index is 0.0664. The molecule has 0 radical (unpaired) electrons. The first kappa shape index (κ1) is 31.6. The predicted octanol–water partition coefficient (Wildman–Crippen LogP) is 6.33. The van der Waals surface area contributed by atoms with Crippen LogP contribution in [0.3, 0.4) is 0 Å². The summed E-state index contributed by atoms with van der Waals surface area (Å²) in [5, 5.41) is 3.52. The Morgan fingerprint density at radius 1 is 0.975 bits per heavy atom. The summed E-state index contributed by atoms with van der Waals surface area (Å²) < 4.78 is 29.6. The summed E-state index contributed by atoms with van der Waals surface area (Å²) in [7, 11) is -4.12. The van der Waals surface area contributed by atoms with Gasteiger partial charge >= 0.3 is 0 Å². The van der Waals surface area contributed by atoms with Gasteiger partial charge in [0.25, 0.3) is 10.0 Å². The van der Waals surface area contributed by atoms with Gasteiger partial charge in [-0.05, 0) is 74.7 Å². The van der Waals surface area contributed by atoms with Gasteiger partial charge in [0.2, 0.25) is 11.8 Å². The van der Waals surface area contributed by atoms with Crippen molar-refractivity contribution in [3.05, 3.63) is 93.4 Å². The molecule has 0 bridgehead atoms. The molecule has 2 amide bonds. The predicted molar refractivity (Wildman–Crippen MR) is 164 cm³/mol. The number of nitrogens with one attached hydrogen (secondary N) is 1. The Morgan fingerprint density at radius 2 is 1.62 bits per heavy atom. The highest BCUT2D eigenvalue weighted by molar-refractivity contribution is 9.10. The van der Waals surface area contributed by atoms with Gasteiger partial charge in [-0.3, -0.25) is 13.9 Å². The molecule has 1 N–H and O–H groups in total. The first-order valence-corrected chi connectivity index (χ1v) is 15.8. The lowest BCUT2D eigenvalue weighted by molar-refractivity contribution is -0.140. The minimum Gasteiger partial charge on any atom is -0.352 e. The van der Waals surface area contributed by atoms with Crippen molar-refractivity contribution in [2.45, 2.75) is 64.1 Å². The maximum absolute atomic E-state index is 14.1. The molecular weight excluding hydrogens is 614 g/mol. The fraction of sp³-hybridized carbons (Fsp3) is 0.333. The van der Waals surface area contributed by atoms with E-state index >= 15 is 0 Å². The van der Waals surface area contributed by atoms with Gasteiger partial charge in [-0.25, -0.2) is 8.42 Å². The first-order chi connectivity index (χ1) is 19.0. The monoisotopic (exact) mass is 647 g/mol. The van der Waals surface area contributed by atoms with E-state index in [0.29, 0.717) is 21.6 Å². The van der Waals surface area contributed by atoms with Crippen molar-refractivity contribution in [2.75, 3.05) is 10.8 Å². The number of hydrogen-bond acceptors (Lipinski definition) is 4. The third-order valence-electron chi connectivity index (χ3n) is 6.64. The topological polar surface area (TPSA) is 86.8 Å². The van der Waals surface area contributed by atoms with Crippen LogP contribution >= 0.6 is 27.5 Å². The summed E-state index contributed by atoms with van der Waals surface area (Å²) in [6.07, 6.45) is 1.09. The largest absolute Gasteiger partial charge is 0.352 e. The Bertz CT molecular complexity index is 1420. The smallest absolute Gasteiger partial charge is 0.264 e. The molecule has 0 fully saturated rings. The molecule has 0 spiro atoms. The van der Waals surface area contributed by atoms with Crippen molar-refractivity contribution in [1.82, 2.24) is 10.2 Å². The van der Waals surface area contributed by atoms with Gasteiger partial charge in [-0.15, -0.1) is 0 Å². The Kier molecular flexibility index (Phi) is 11.2. The van der Waals surface area contributed by atoms with E-state index in [1.54, 1.807) is 60.7 Å². The molecule has 0 aliphatic carbocycles. The minimum atomic E-state index is -4.12. The summed E-state index contributed by atoms with van der Waals surface area (Å²) >= 11 is 9.48. The molecule has 40 heavy (non-hydrogen) atoms. The highest BCUT2D eigenvalue weighted by Gasteiger charge is 2.34. The van der Waals surface area contributed by atoms with Crippen molar-refractivity contribution in [3.8, 4) is 0 Å². The van der Waals surface area contributed by atoms with E-state index in [1.165, 1.54) is 17.0 Å². The highest BCUT2D eigenvalue weighted by atomic mass is 79.9. The fourth-order valence-electron chi connectivity index (χ4n) is 4.14. The molecule has 0 saturated carbocycles. The molecular formula is C30H35BrClN3O4S. The normalized spacial score (nSPS) is 12.8. The third kappa shape index (κ3) is 8.08. The van der Waals surface area contributed by atoms with Crippen molar-refractivity contribution in [3.63, 3.8) is 0 Å². The van der Waals surface area contributed by atoms with E-state index < -0.39 is 28.5 Å². The number of nitrogens with zero attached hydrogens (tertiary/aromatic N) is 2. The van der Waals surface area contributed by atoms with Crippen LogP contribution in [0.4, 0.5) is 5.69 Å². The molecule has 2 atom stereocenters. The van der Waals surface area contributed by atoms with Gasteiger partial charge in [-0.2, -0.15) is 0 Å². The molecule has 0 unspecified atom stereocenters. The molecule has 3 aromatic rings. The van der Waals surface area contributed by atoms with E-state index in [0.717, 1.165) is 21.9 Å². The summed E-state index contributed by atoms with van der Waals surface area (Å²) in [5.41, 5.74) is 2.01. The lowest BCUT2D eigenvalue weighted by Crippen LogP contribution is -2.53. The lowest BCUT2D eigenvalue weighted by Gasteiger charge is -2.33. The summed E-state index contributed by atoms with van der Waals surface area (Å²) in [6.45, 7) is 7.19. The number of amides is 2. The van der Waals surface area contributed by atoms with E-state index in [9.17, 15) is 18.0 Å². The fourth-order valence-corrected chi connectivity index (χ4v) is 6.06. The van der Waals surface area contributed by atoms with Gasteiger partial charge in [-0.1, -0.05) is 77.3 Å². The highest BCUT2D eigenvalue weighted by Crippen LogP contribution is 2.27. The number of sulfonamides is 1. The van der Waals surface area contributed by atoms with Gasteiger partial charge < -0.3 is 10.2 Å². The summed E-state index contributed by atoms with van der Waals surface area (Å²) in [5.74, 6) is -0.786. The average Bonchev–Trinajstić information content (AvgIpc) is 2.92. The second kappa shape index (κ2) is 14.1. The molecule has 10 heteroatoms. The zero-order chi connectivity index (χ0) is 29.4. The van der Waals surface area contributed by atoms with E-state index in [1.807, 2.05) is 27.7 Å². The van der Waals surface area contributed by atoms with Crippen LogP contribution in [0.25, 0.3) is 0 Å². The van der Waals surface area contributed by atoms with Crippen LogP contribution in [0.5, 0.6) is 0 Å². The zero-order valence-corrected chi connectivity index (χ0v) is 26.3. The van der Waals surface area contributed by atoms with E-state index in [4.69, 9.17) is 11.6 Å². The summed E-state index contributed by atoms with van der Waals surface area (Å²) in [6, 6.07) is 19.4. The Labute approximate surface area is 250 Å². The molecule has 3 aromatic carbocycles. The van der Waals surface area contributed by atoms with Gasteiger partial charge in [0.1, 0.15) is 12.6 Å². The Hall–Kier alpha value is -2.88. The van der Waals surface area contributed by atoms with E-state index in [-0.39, 0.29) is 23.4 Å². The lowest BCUT2D eigenvalue weighted by atomic mass is 10.1. The molecule has 0 aliphatic rings. The second-order valence-corrected chi connectivity index (χ2v) is 12.9.